The first-order chi connectivity index (χ1) is 8.54. The molecule has 0 bridgehead atoms. The molecule has 0 radical (unpaired) electrons. The second-order valence-electron chi connectivity index (χ2n) is 4.03. The van der Waals surface area contributed by atoms with E-state index >= 15 is 0 Å². The fourth-order valence-electron chi connectivity index (χ4n) is 1.69. The van der Waals surface area contributed by atoms with Crippen LogP contribution in [0.3, 0.4) is 0 Å². The summed E-state index contributed by atoms with van der Waals surface area (Å²) in [7, 11) is 1.65. The zero-order valence-corrected chi connectivity index (χ0v) is 10.4. The van der Waals surface area contributed by atoms with Crippen molar-refractivity contribution in [3.8, 4) is 11.3 Å². The van der Waals surface area contributed by atoms with Gasteiger partial charge in [0.05, 0.1) is 11.3 Å². The van der Waals surface area contributed by atoms with Gasteiger partial charge >= 0.3 is 0 Å². The van der Waals surface area contributed by atoms with Crippen LogP contribution < -0.4 is 5.32 Å². The van der Waals surface area contributed by atoms with Gasteiger partial charge in [-0.1, -0.05) is 6.07 Å². The number of nitrogens with zero attached hydrogens (tertiary/aromatic N) is 2. The van der Waals surface area contributed by atoms with Gasteiger partial charge in [-0.2, -0.15) is 0 Å². The molecule has 0 aliphatic rings. The molecule has 0 aliphatic heterocycles. The van der Waals surface area contributed by atoms with Crippen molar-refractivity contribution in [3.05, 3.63) is 41.1 Å². The van der Waals surface area contributed by atoms with Gasteiger partial charge in [-0.05, 0) is 31.0 Å². The zero-order chi connectivity index (χ0) is 13.3. The van der Waals surface area contributed by atoms with E-state index in [4.69, 9.17) is 0 Å². The maximum absolute atomic E-state index is 14.0. The van der Waals surface area contributed by atoms with Crippen LogP contribution in [0.1, 0.15) is 11.1 Å². The van der Waals surface area contributed by atoms with Gasteiger partial charge in [0.25, 0.3) is 0 Å². The van der Waals surface area contributed by atoms with Crippen LogP contribution in [0.15, 0.2) is 18.3 Å². The number of benzene rings is 1. The summed E-state index contributed by atoms with van der Waals surface area (Å²) in [5.74, 6) is -0.878. The van der Waals surface area contributed by atoms with Crippen LogP contribution in [0.2, 0.25) is 0 Å². The van der Waals surface area contributed by atoms with E-state index in [9.17, 15) is 8.78 Å². The van der Waals surface area contributed by atoms with Crippen LogP contribution in [0.4, 0.5) is 14.7 Å². The molecule has 0 amide bonds. The lowest BCUT2D eigenvalue weighted by Gasteiger charge is -2.10. The summed E-state index contributed by atoms with van der Waals surface area (Å²) in [6, 6.07) is 2.65. The molecule has 0 unspecified atom stereocenters. The predicted octanol–water partition coefficient (Wildman–Crippen LogP) is 3.08. The molecular formula is C13H13F2N3. The van der Waals surface area contributed by atoms with Gasteiger partial charge in [-0.25, -0.2) is 18.7 Å². The van der Waals surface area contributed by atoms with Crippen molar-refractivity contribution in [1.82, 2.24) is 9.97 Å². The van der Waals surface area contributed by atoms with Gasteiger partial charge in [0, 0.05) is 13.2 Å². The summed E-state index contributed by atoms with van der Waals surface area (Å²) < 4.78 is 27.9. The van der Waals surface area contributed by atoms with Crippen LogP contribution in [0, 0.1) is 25.5 Å². The Hall–Kier alpha value is -2.04. The maximum atomic E-state index is 14.0. The average molecular weight is 249 g/mol. The smallest absolute Gasteiger partial charge is 0.222 e. The fraction of sp³-hybridized carbons (Fsp3) is 0.231. The number of aromatic nitrogens is 2. The lowest BCUT2D eigenvalue weighted by Crippen LogP contribution is -2.02. The molecule has 1 aromatic heterocycles. The number of aryl methyl sites for hydroxylation is 2. The predicted molar refractivity (Wildman–Crippen MR) is 66.4 cm³/mol. The largest absolute Gasteiger partial charge is 0.357 e. The molecule has 0 saturated heterocycles. The number of hydrogen-bond donors (Lipinski definition) is 1. The van der Waals surface area contributed by atoms with Gasteiger partial charge in [0.2, 0.25) is 5.95 Å². The Bertz CT molecular complexity index is 597. The monoisotopic (exact) mass is 249 g/mol. The Morgan fingerprint density at radius 2 is 1.83 bits per heavy atom. The van der Waals surface area contributed by atoms with Crippen molar-refractivity contribution >= 4 is 5.95 Å². The summed E-state index contributed by atoms with van der Waals surface area (Å²) >= 11 is 0. The van der Waals surface area contributed by atoms with Crippen molar-refractivity contribution in [1.29, 1.82) is 0 Å². The van der Waals surface area contributed by atoms with E-state index in [1.807, 2.05) is 0 Å². The second kappa shape index (κ2) is 4.68. The van der Waals surface area contributed by atoms with Crippen LogP contribution in [0.25, 0.3) is 11.3 Å². The molecule has 0 saturated carbocycles. The van der Waals surface area contributed by atoms with Crippen molar-refractivity contribution in [2.24, 2.45) is 0 Å². The molecule has 2 aromatic rings. The molecule has 0 fully saturated rings. The first-order valence-corrected chi connectivity index (χ1v) is 5.51. The summed E-state index contributed by atoms with van der Waals surface area (Å²) in [6.07, 6.45) is 1.54. The van der Waals surface area contributed by atoms with E-state index in [2.05, 4.69) is 15.3 Å². The molecule has 18 heavy (non-hydrogen) atoms. The Balaban J connectivity index is 2.72. The van der Waals surface area contributed by atoms with E-state index in [1.165, 1.54) is 18.3 Å². The Morgan fingerprint density at radius 1 is 1.11 bits per heavy atom. The van der Waals surface area contributed by atoms with Gasteiger partial charge in [0.15, 0.2) is 0 Å². The zero-order valence-electron chi connectivity index (χ0n) is 10.4. The lowest BCUT2D eigenvalue weighted by molar-refractivity contribution is 0.582. The van der Waals surface area contributed by atoms with E-state index in [0.29, 0.717) is 17.1 Å². The molecule has 2 rings (SSSR count). The Kier molecular flexibility index (Phi) is 3.23. The number of halogens is 2. The number of anilines is 1. The Labute approximate surface area is 104 Å². The molecule has 1 heterocycles. The minimum absolute atomic E-state index is 0.105. The van der Waals surface area contributed by atoms with Crippen molar-refractivity contribution in [2.45, 2.75) is 13.8 Å². The highest BCUT2D eigenvalue weighted by atomic mass is 19.1. The van der Waals surface area contributed by atoms with Gasteiger partial charge in [-0.15, -0.1) is 0 Å². The van der Waals surface area contributed by atoms with Crippen molar-refractivity contribution in [2.75, 3.05) is 12.4 Å². The topological polar surface area (TPSA) is 37.8 Å². The third kappa shape index (κ3) is 2.03. The molecule has 94 valence electrons. The molecule has 1 N–H and O–H groups in total. The number of nitrogens with one attached hydrogen (secondary N) is 1. The first-order valence-electron chi connectivity index (χ1n) is 5.51. The minimum Gasteiger partial charge on any atom is -0.357 e. The first kappa shape index (κ1) is 12.4. The summed E-state index contributed by atoms with van der Waals surface area (Å²) in [4.78, 5) is 8.12. The van der Waals surface area contributed by atoms with Crippen LogP contribution in [-0.2, 0) is 0 Å². The molecule has 0 spiro atoms. The maximum Gasteiger partial charge on any atom is 0.222 e. The van der Waals surface area contributed by atoms with E-state index < -0.39 is 11.6 Å². The number of rotatable bonds is 2. The van der Waals surface area contributed by atoms with E-state index in [1.54, 1.807) is 20.9 Å². The highest BCUT2D eigenvalue weighted by Gasteiger charge is 2.17. The van der Waals surface area contributed by atoms with Crippen LogP contribution in [-0.4, -0.2) is 17.0 Å². The normalized spacial score (nSPS) is 10.5. The summed E-state index contributed by atoms with van der Waals surface area (Å²) in [5.41, 5.74) is 1.17. The SMILES string of the molecule is CNc1ncc(C)c(-c2c(F)ccc(C)c2F)n1. The molecule has 0 atom stereocenters. The van der Waals surface area contributed by atoms with Crippen molar-refractivity contribution < 1.29 is 8.78 Å². The average Bonchev–Trinajstić information content (AvgIpc) is 2.36. The molecule has 3 nitrogen and oxygen atoms in total. The van der Waals surface area contributed by atoms with E-state index in [-0.39, 0.29) is 11.3 Å². The summed E-state index contributed by atoms with van der Waals surface area (Å²) in [5, 5.41) is 2.75. The highest BCUT2D eigenvalue weighted by molar-refractivity contribution is 5.66. The van der Waals surface area contributed by atoms with Gasteiger partial charge < -0.3 is 5.32 Å². The van der Waals surface area contributed by atoms with Crippen LogP contribution in [0.5, 0.6) is 0 Å². The molecule has 1 aromatic carbocycles. The highest BCUT2D eigenvalue weighted by Crippen LogP contribution is 2.29. The van der Waals surface area contributed by atoms with E-state index in [0.717, 1.165) is 0 Å². The Morgan fingerprint density at radius 3 is 2.50 bits per heavy atom. The third-order valence-corrected chi connectivity index (χ3v) is 2.72. The van der Waals surface area contributed by atoms with Gasteiger partial charge in [-0.3, -0.25) is 0 Å². The third-order valence-electron chi connectivity index (χ3n) is 2.72. The number of hydrogen-bond acceptors (Lipinski definition) is 3. The lowest BCUT2D eigenvalue weighted by atomic mass is 10.0. The molecule has 0 aliphatic carbocycles. The quantitative estimate of drug-likeness (QED) is 0.888. The van der Waals surface area contributed by atoms with Gasteiger partial charge in [0.1, 0.15) is 11.6 Å². The summed E-state index contributed by atoms with van der Waals surface area (Å²) in [6.45, 7) is 3.31. The van der Waals surface area contributed by atoms with Crippen LogP contribution >= 0.6 is 0 Å². The standard InChI is InChI=1S/C13H13F2N3/c1-7-4-5-9(14)10(11(7)15)12-8(2)6-17-13(16-3)18-12/h4-6H,1-3H3,(H,16,17,18). The molecular weight excluding hydrogens is 236 g/mol. The fourth-order valence-corrected chi connectivity index (χ4v) is 1.69. The molecule has 5 heteroatoms. The minimum atomic E-state index is -0.623. The van der Waals surface area contributed by atoms with Crippen molar-refractivity contribution in [3.63, 3.8) is 0 Å². The second-order valence-corrected chi connectivity index (χ2v) is 4.03.